The monoisotopic (exact) mass is 755 g/mol. The van der Waals surface area contributed by atoms with Gasteiger partial charge in [0.05, 0.1) is 23.5 Å². The van der Waals surface area contributed by atoms with E-state index in [1.54, 1.807) is 0 Å². The molecule has 1 aromatic carbocycles. The number of nitrogens with zero attached hydrogens (tertiary/aromatic N) is 5. The number of benzene rings is 1. The Kier molecular flexibility index (Phi) is 13.2. The third kappa shape index (κ3) is 11.2. The summed E-state index contributed by atoms with van der Waals surface area (Å²) in [6.07, 6.45) is 8.85. The van der Waals surface area contributed by atoms with Crippen molar-refractivity contribution in [3.05, 3.63) is 72.7 Å². The van der Waals surface area contributed by atoms with Crippen molar-refractivity contribution in [3.63, 3.8) is 0 Å². The van der Waals surface area contributed by atoms with Gasteiger partial charge in [-0.3, -0.25) is 9.78 Å². The largest absolute Gasteiger partial charge is 0.460 e. The highest BCUT2D eigenvalue weighted by atomic mass is 28.3. The first-order valence-electron chi connectivity index (χ1n) is 19.2. The van der Waals surface area contributed by atoms with E-state index in [-0.39, 0.29) is 17.8 Å². The highest BCUT2D eigenvalue weighted by Crippen LogP contribution is 2.41. The lowest BCUT2D eigenvalue weighted by atomic mass is 9.79. The SMILES string of the molecule is C=Cc1c(C2CCC(C(=O)OC(C)(C)C)CC2)nc2c(-c3ccc(-c4ccccc4)nc3)cnn2c1N(COCC[Si](C)(C)C)COCC[Si](C)(C)C. The molecule has 0 radical (unpaired) electrons. The maximum atomic E-state index is 13.1. The zero-order chi connectivity index (χ0) is 38.4. The topological polar surface area (TPSA) is 91.1 Å². The van der Waals surface area contributed by atoms with Crippen LogP contribution in [0.25, 0.3) is 34.1 Å². The zero-order valence-corrected chi connectivity index (χ0v) is 35.6. The number of rotatable bonds is 16. The number of ether oxygens (including phenoxy) is 3. The summed E-state index contributed by atoms with van der Waals surface area (Å²) in [5.41, 5.74) is 5.95. The Morgan fingerprint density at radius 3 is 2.04 bits per heavy atom. The Morgan fingerprint density at radius 2 is 1.51 bits per heavy atom. The lowest BCUT2D eigenvalue weighted by Crippen LogP contribution is -2.34. The van der Waals surface area contributed by atoms with E-state index in [0.717, 1.165) is 82.9 Å². The molecule has 0 aliphatic heterocycles. The second-order valence-electron chi connectivity index (χ2n) is 17.8. The number of hydrogen-bond donors (Lipinski definition) is 0. The molecule has 5 rings (SSSR count). The van der Waals surface area contributed by atoms with Gasteiger partial charge in [-0.1, -0.05) is 88.3 Å². The van der Waals surface area contributed by atoms with Crippen LogP contribution in [0.5, 0.6) is 0 Å². The van der Waals surface area contributed by atoms with Crippen LogP contribution < -0.4 is 4.90 Å². The molecule has 11 heteroatoms. The van der Waals surface area contributed by atoms with Gasteiger partial charge in [-0.15, -0.1) is 0 Å². The van der Waals surface area contributed by atoms with Gasteiger partial charge in [0.15, 0.2) is 5.65 Å². The summed E-state index contributed by atoms with van der Waals surface area (Å²) in [7, 11) is -2.59. The fourth-order valence-electron chi connectivity index (χ4n) is 6.61. The Hall–Kier alpha value is -3.65. The molecule has 0 amide bonds. The fraction of sp³-hybridized carbons (Fsp3) is 0.524. The van der Waals surface area contributed by atoms with Crippen molar-refractivity contribution in [2.24, 2.45) is 5.92 Å². The van der Waals surface area contributed by atoms with Gasteiger partial charge >= 0.3 is 5.97 Å². The molecule has 1 saturated carbocycles. The van der Waals surface area contributed by atoms with Crippen LogP contribution in [0.15, 0.2) is 61.4 Å². The van der Waals surface area contributed by atoms with E-state index < -0.39 is 21.7 Å². The maximum Gasteiger partial charge on any atom is 0.309 e. The molecular formula is C42H61N5O4Si2. The average molecular weight is 756 g/mol. The first kappa shape index (κ1) is 40.5. The number of esters is 1. The second-order valence-corrected chi connectivity index (χ2v) is 29.1. The molecule has 3 aromatic heterocycles. The number of anilines is 1. The molecule has 1 aliphatic rings. The van der Waals surface area contributed by atoms with Gasteiger partial charge in [0.2, 0.25) is 0 Å². The quantitative estimate of drug-likeness (QED) is 0.0483. The van der Waals surface area contributed by atoms with Gasteiger partial charge < -0.3 is 19.1 Å². The molecule has 0 bridgehead atoms. The average Bonchev–Trinajstić information content (AvgIpc) is 3.53. The maximum absolute atomic E-state index is 13.1. The molecule has 0 atom stereocenters. The van der Waals surface area contributed by atoms with Crippen LogP contribution in [0.1, 0.15) is 63.6 Å². The summed E-state index contributed by atoms with van der Waals surface area (Å²) in [6.45, 7) is 26.4. The van der Waals surface area contributed by atoms with Crippen LogP contribution in [0, 0.1) is 5.92 Å². The lowest BCUT2D eigenvalue weighted by molar-refractivity contribution is -0.161. The van der Waals surface area contributed by atoms with Crippen molar-refractivity contribution in [3.8, 4) is 22.4 Å². The minimum atomic E-state index is -1.29. The molecule has 4 aromatic rings. The number of aromatic nitrogens is 4. The number of carbonyl (C=O) groups is 1. The highest BCUT2D eigenvalue weighted by molar-refractivity contribution is 6.76. The van der Waals surface area contributed by atoms with Crippen molar-refractivity contribution < 1.29 is 19.0 Å². The standard InChI is InChI=1S/C42H61N5O4Si2/c1-11-35-38(32-17-19-33(20-18-32)41(48)51-42(2,3)4)45-39-36(34-21-22-37(43-27-34)31-15-13-12-14-16-31)28-44-47(39)40(35)46(29-49-23-25-52(5,6)7)30-50-24-26-53(8,9)10/h11-16,21-22,27-28,32-33H,1,17-20,23-26,29-30H2,2-10H3. The summed E-state index contributed by atoms with van der Waals surface area (Å²) in [5.74, 6) is 0.770. The normalized spacial score (nSPS) is 16.8. The predicted molar refractivity (Wildman–Crippen MR) is 223 cm³/mol. The minimum absolute atomic E-state index is 0.106. The molecule has 0 saturated heterocycles. The van der Waals surface area contributed by atoms with Crippen LogP contribution >= 0.6 is 0 Å². The number of pyridine rings is 1. The summed E-state index contributed by atoms with van der Waals surface area (Å²) in [6, 6.07) is 16.5. The predicted octanol–water partition coefficient (Wildman–Crippen LogP) is 10.1. The molecule has 0 unspecified atom stereocenters. The highest BCUT2D eigenvalue weighted by Gasteiger charge is 2.34. The summed E-state index contributed by atoms with van der Waals surface area (Å²) in [5, 5.41) is 4.97. The van der Waals surface area contributed by atoms with Gasteiger partial charge in [0, 0.05) is 63.7 Å². The molecule has 0 spiro atoms. The molecule has 0 N–H and O–H groups in total. The molecule has 9 nitrogen and oxygen atoms in total. The molecule has 3 heterocycles. The van der Waals surface area contributed by atoms with E-state index in [4.69, 9.17) is 29.3 Å². The van der Waals surface area contributed by atoms with E-state index in [1.165, 1.54) is 0 Å². The molecular weight excluding hydrogens is 695 g/mol. The third-order valence-corrected chi connectivity index (χ3v) is 13.1. The van der Waals surface area contributed by atoms with E-state index in [2.05, 4.69) is 75.0 Å². The number of fused-ring (bicyclic) bond motifs is 1. The Bertz CT molecular complexity index is 1800. The fourth-order valence-corrected chi connectivity index (χ4v) is 8.12. The smallest absolute Gasteiger partial charge is 0.309 e. The molecule has 53 heavy (non-hydrogen) atoms. The minimum Gasteiger partial charge on any atom is -0.460 e. The van der Waals surface area contributed by atoms with Crippen molar-refractivity contribution >= 4 is 39.7 Å². The Labute approximate surface area is 319 Å². The van der Waals surface area contributed by atoms with Gasteiger partial charge in [0.25, 0.3) is 0 Å². The van der Waals surface area contributed by atoms with Crippen molar-refractivity contribution in [1.82, 2.24) is 19.6 Å². The van der Waals surface area contributed by atoms with Gasteiger partial charge in [-0.2, -0.15) is 9.61 Å². The second kappa shape index (κ2) is 17.2. The third-order valence-electron chi connectivity index (χ3n) is 9.68. The van der Waals surface area contributed by atoms with Crippen LogP contribution in [0.3, 0.4) is 0 Å². The van der Waals surface area contributed by atoms with Crippen LogP contribution in [0.4, 0.5) is 5.82 Å². The Morgan fingerprint density at radius 1 is 0.887 bits per heavy atom. The molecule has 1 aliphatic carbocycles. The van der Waals surface area contributed by atoms with Crippen molar-refractivity contribution in [2.45, 2.75) is 109 Å². The zero-order valence-electron chi connectivity index (χ0n) is 33.6. The van der Waals surface area contributed by atoms with Gasteiger partial charge in [0.1, 0.15) is 24.9 Å². The number of carbonyl (C=O) groups excluding carboxylic acids is 1. The number of hydrogen-bond acceptors (Lipinski definition) is 8. The first-order chi connectivity index (χ1) is 25.0. The van der Waals surface area contributed by atoms with E-state index in [1.807, 2.05) is 62.0 Å². The van der Waals surface area contributed by atoms with E-state index in [0.29, 0.717) is 26.7 Å². The summed E-state index contributed by atoms with van der Waals surface area (Å²) in [4.78, 5) is 25.4. The summed E-state index contributed by atoms with van der Waals surface area (Å²) < 4.78 is 20.5. The summed E-state index contributed by atoms with van der Waals surface area (Å²) >= 11 is 0. The van der Waals surface area contributed by atoms with Crippen molar-refractivity contribution in [2.75, 3.05) is 31.6 Å². The van der Waals surface area contributed by atoms with Crippen LogP contribution in [-0.2, 0) is 19.0 Å². The van der Waals surface area contributed by atoms with Gasteiger partial charge in [-0.25, -0.2) is 4.98 Å². The van der Waals surface area contributed by atoms with Crippen LogP contribution in [0.2, 0.25) is 51.4 Å². The molecule has 1 fully saturated rings. The van der Waals surface area contributed by atoms with Crippen LogP contribution in [-0.4, -0.2) is 74.0 Å². The van der Waals surface area contributed by atoms with E-state index >= 15 is 0 Å². The molecule has 286 valence electrons. The van der Waals surface area contributed by atoms with Crippen molar-refractivity contribution in [1.29, 1.82) is 0 Å². The Balaban J connectivity index is 1.56. The van der Waals surface area contributed by atoms with E-state index in [9.17, 15) is 4.79 Å². The van der Waals surface area contributed by atoms with Gasteiger partial charge in [-0.05, 0) is 64.6 Å². The lowest BCUT2D eigenvalue weighted by Gasteiger charge is -2.32. The first-order valence-corrected chi connectivity index (χ1v) is 26.6.